The number of aromatic nitrogens is 1. The number of hydrogen-bond acceptors (Lipinski definition) is 3. The van der Waals surface area contributed by atoms with E-state index in [1.54, 1.807) is 27.7 Å². The van der Waals surface area contributed by atoms with Gasteiger partial charge in [-0.05, 0) is 23.6 Å². The fraction of sp³-hybridized carbons (Fsp3) is 0.333. The molecule has 1 aliphatic heterocycles. The summed E-state index contributed by atoms with van der Waals surface area (Å²) in [4.78, 5) is 25.1. The summed E-state index contributed by atoms with van der Waals surface area (Å²) in [6, 6.07) is 6.81. The highest BCUT2D eigenvalue weighted by Crippen LogP contribution is 2.18. The summed E-state index contributed by atoms with van der Waals surface area (Å²) < 4.78 is 7.02. The van der Waals surface area contributed by atoms with Gasteiger partial charge in [0.15, 0.2) is 0 Å². The second-order valence-electron chi connectivity index (χ2n) is 5.02. The normalized spacial score (nSPS) is 15.3. The van der Waals surface area contributed by atoms with Crippen LogP contribution in [0.5, 0.6) is 0 Å². The van der Waals surface area contributed by atoms with Gasteiger partial charge < -0.3 is 19.3 Å². The molecule has 6 nitrogen and oxygen atoms in total. The third-order valence-corrected chi connectivity index (χ3v) is 3.69. The first-order valence-corrected chi connectivity index (χ1v) is 6.83. The third-order valence-electron chi connectivity index (χ3n) is 3.69. The van der Waals surface area contributed by atoms with Crippen LogP contribution in [0.1, 0.15) is 10.4 Å². The van der Waals surface area contributed by atoms with Crippen molar-refractivity contribution in [1.82, 2.24) is 9.47 Å². The van der Waals surface area contributed by atoms with E-state index >= 15 is 0 Å². The van der Waals surface area contributed by atoms with Crippen molar-refractivity contribution in [3.8, 4) is 0 Å². The van der Waals surface area contributed by atoms with Crippen molar-refractivity contribution >= 4 is 22.8 Å². The number of ether oxygens (including phenoxy) is 1. The molecular weight excluding hydrogens is 272 g/mol. The van der Waals surface area contributed by atoms with Crippen LogP contribution in [-0.2, 0) is 16.1 Å². The van der Waals surface area contributed by atoms with E-state index in [4.69, 9.17) is 9.84 Å². The van der Waals surface area contributed by atoms with E-state index in [9.17, 15) is 9.59 Å². The predicted octanol–water partition coefficient (Wildman–Crippen LogP) is 1.20. The van der Waals surface area contributed by atoms with Crippen LogP contribution in [0.3, 0.4) is 0 Å². The van der Waals surface area contributed by atoms with Crippen molar-refractivity contribution in [2.24, 2.45) is 0 Å². The summed E-state index contributed by atoms with van der Waals surface area (Å²) in [5.74, 6) is -0.944. The van der Waals surface area contributed by atoms with E-state index in [1.165, 1.54) is 0 Å². The van der Waals surface area contributed by atoms with Gasteiger partial charge in [-0.3, -0.25) is 4.79 Å². The number of rotatable bonds is 3. The average molecular weight is 288 g/mol. The van der Waals surface area contributed by atoms with Gasteiger partial charge in [-0.2, -0.15) is 0 Å². The minimum atomic E-state index is -0.968. The molecule has 1 amide bonds. The van der Waals surface area contributed by atoms with Crippen molar-refractivity contribution in [3.63, 3.8) is 0 Å². The summed E-state index contributed by atoms with van der Waals surface area (Å²) in [5, 5.41) is 9.99. The lowest BCUT2D eigenvalue weighted by atomic mass is 10.1. The molecule has 0 unspecified atom stereocenters. The van der Waals surface area contributed by atoms with Gasteiger partial charge in [0, 0.05) is 24.8 Å². The molecule has 110 valence electrons. The summed E-state index contributed by atoms with van der Waals surface area (Å²) in [6.45, 7) is 2.58. The predicted molar refractivity (Wildman–Crippen MR) is 76.3 cm³/mol. The van der Waals surface area contributed by atoms with Gasteiger partial charge in [0.2, 0.25) is 5.91 Å². The molecule has 1 aromatic heterocycles. The largest absolute Gasteiger partial charge is 0.478 e. The number of carboxylic acid groups (broad SMARTS) is 1. The van der Waals surface area contributed by atoms with Gasteiger partial charge in [-0.1, -0.05) is 6.07 Å². The van der Waals surface area contributed by atoms with Gasteiger partial charge in [0.05, 0.1) is 18.8 Å². The minimum Gasteiger partial charge on any atom is -0.478 e. The Labute approximate surface area is 121 Å². The molecule has 3 rings (SSSR count). The lowest BCUT2D eigenvalue weighted by Gasteiger charge is -2.27. The van der Waals surface area contributed by atoms with Crippen LogP contribution in [0.15, 0.2) is 30.5 Å². The van der Waals surface area contributed by atoms with Crippen LogP contribution >= 0.6 is 0 Å². The Kier molecular flexibility index (Phi) is 3.62. The molecule has 0 atom stereocenters. The quantitative estimate of drug-likeness (QED) is 0.921. The molecule has 6 heteroatoms. The first-order valence-electron chi connectivity index (χ1n) is 6.83. The van der Waals surface area contributed by atoms with E-state index in [0.29, 0.717) is 26.3 Å². The van der Waals surface area contributed by atoms with Crippen LogP contribution in [-0.4, -0.2) is 52.8 Å². The number of amides is 1. The average Bonchev–Trinajstić information content (AvgIpc) is 2.90. The number of carboxylic acids is 1. The van der Waals surface area contributed by atoms with E-state index in [0.717, 1.165) is 10.9 Å². The highest BCUT2D eigenvalue weighted by atomic mass is 16.5. The topological polar surface area (TPSA) is 71.8 Å². The molecule has 0 bridgehead atoms. The van der Waals surface area contributed by atoms with E-state index in [-0.39, 0.29) is 18.0 Å². The van der Waals surface area contributed by atoms with Gasteiger partial charge in [0.25, 0.3) is 0 Å². The Bertz CT molecular complexity index is 686. The number of fused-ring (bicyclic) bond motifs is 1. The van der Waals surface area contributed by atoms with Gasteiger partial charge in [-0.25, -0.2) is 4.79 Å². The Balaban J connectivity index is 1.84. The zero-order chi connectivity index (χ0) is 14.8. The van der Waals surface area contributed by atoms with Crippen LogP contribution in [0.4, 0.5) is 0 Å². The van der Waals surface area contributed by atoms with Crippen molar-refractivity contribution < 1.29 is 19.4 Å². The fourth-order valence-electron chi connectivity index (χ4n) is 2.51. The zero-order valence-corrected chi connectivity index (χ0v) is 11.5. The molecular formula is C15H16N2O4. The van der Waals surface area contributed by atoms with Crippen LogP contribution in [0.2, 0.25) is 0 Å². The van der Waals surface area contributed by atoms with E-state index < -0.39 is 5.97 Å². The third kappa shape index (κ3) is 2.75. The molecule has 1 fully saturated rings. The molecule has 0 radical (unpaired) electrons. The maximum Gasteiger partial charge on any atom is 0.335 e. The first-order chi connectivity index (χ1) is 10.1. The molecule has 0 spiro atoms. The second kappa shape index (κ2) is 5.57. The van der Waals surface area contributed by atoms with Crippen molar-refractivity contribution in [2.45, 2.75) is 6.54 Å². The molecule has 1 aromatic carbocycles. The second-order valence-corrected chi connectivity index (χ2v) is 5.02. The minimum absolute atomic E-state index is 0.0246. The molecule has 21 heavy (non-hydrogen) atoms. The Hall–Kier alpha value is -2.34. The standard InChI is InChI=1S/C15H16N2O4/c18-14(16-5-7-21-8-6-16)10-17-4-3-11-1-2-12(15(19)20)9-13(11)17/h1-4,9H,5-8,10H2,(H,19,20). The molecule has 1 saturated heterocycles. The fourth-order valence-corrected chi connectivity index (χ4v) is 2.51. The SMILES string of the molecule is O=C(O)c1ccc2ccn(CC(=O)N3CCOCC3)c2c1. The van der Waals surface area contributed by atoms with Gasteiger partial charge in [-0.15, -0.1) is 0 Å². The summed E-state index contributed by atoms with van der Waals surface area (Å²) in [7, 11) is 0. The molecule has 1 aliphatic rings. The number of aromatic carboxylic acids is 1. The highest BCUT2D eigenvalue weighted by molar-refractivity contribution is 5.94. The number of hydrogen-bond donors (Lipinski definition) is 1. The molecule has 2 heterocycles. The summed E-state index contributed by atoms with van der Waals surface area (Å²) in [5.41, 5.74) is 0.984. The lowest BCUT2D eigenvalue weighted by molar-refractivity contribution is -0.135. The zero-order valence-electron chi connectivity index (χ0n) is 11.5. The summed E-state index contributed by atoms with van der Waals surface area (Å²) in [6.07, 6.45) is 1.81. The van der Waals surface area contributed by atoms with Crippen LogP contribution in [0.25, 0.3) is 10.9 Å². The maximum absolute atomic E-state index is 12.3. The van der Waals surface area contributed by atoms with Crippen molar-refractivity contribution in [2.75, 3.05) is 26.3 Å². The molecule has 1 N–H and O–H groups in total. The Morgan fingerprint density at radius 2 is 1.95 bits per heavy atom. The van der Waals surface area contributed by atoms with Gasteiger partial charge in [0.1, 0.15) is 6.54 Å². The number of carbonyl (C=O) groups is 2. The van der Waals surface area contributed by atoms with Gasteiger partial charge >= 0.3 is 5.97 Å². The van der Waals surface area contributed by atoms with E-state index in [2.05, 4.69) is 0 Å². The molecule has 2 aromatic rings. The maximum atomic E-state index is 12.3. The monoisotopic (exact) mass is 288 g/mol. The number of benzene rings is 1. The smallest absolute Gasteiger partial charge is 0.335 e. The van der Waals surface area contributed by atoms with Crippen LogP contribution in [0, 0.1) is 0 Å². The lowest BCUT2D eigenvalue weighted by Crippen LogP contribution is -2.42. The first kappa shape index (κ1) is 13.6. The van der Waals surface area contributed by atoms with Crippen LogP contribution < -0.4 is 0 Å². The Morgan fingerprint density at radius 1 is 1.19 bits per heavy atom. The molecule has 0 aliphatic carbocycles. The Morgan fingerprint density at radius 3 is 2.67 bits per heavy atom. The number of morpholine rings is 1. The summed E-state index contributed by atoms with van der Waals surface area (Å²) >= 11 is 0. The van der Waals surface area contributed by atoms with Crippen molar-refractivity contribution in [3.05, 3.63) is 36.0 Å². The number of nitrogens with zero attached hydrogens (tertiary/aromatic N) is 2. The number of carbonyl (C=O) groups excluding carboxylic acids is 1. The molecule has 0 saturated carbocycles. The van der Waals surface area contributed by atoms with Crippen molar-refractivity contribution in [1.29, 1.82) is 0 Å². The highest BCUT2D eigenvalue weighted by Gasteiger charge is 2.17. The van der Waals surface area contributed by atoms with E-state index in [1.807, 2.05) is 12.3 Å².